The second-order valence-electron chi connectivity index (χ2n) is 10.1. The molecule has 6 nitrogen and oxygen atoms in total. The van der Waals surface area contributed by atoms with Gasteiger partial charge in [0.2, 0.25) is 0 Å². The van der Waals surface area contributed by atoms with Crippen LogP contribution in [-0.2, 0) is 10.2 Å². The summed E-state index contributed by atoms with van der Waals surface area (Å²) in [6, 6.07) is 6.38. The van der Waals surface area contributed by atoms with Crippen LogP contribution >= 0.6 is 0 Å². The summed E-state index contributed by atoms with van der Waals surface area (Å²) in [6.07, 6.45) is 4.63. The quantitative estimate of drug-likeness (QED) is 0.628. The van der Waals surface area contributed by atoms with Crippen LogP contribution in [0.3, 0.4) is 0 Å². The van der Waals surface area contributed by atoms with Gasteiger partial charge in [-0.05, 0) is 60.3 Å². The molecule has 2 fully saturated rings. The van der Waals surface area contributed by atoms with Gasteiger partial charge in [-0.25, -0.2) is 4.98 Å². The summed E-state index contributed by atoms with van der Waals surface area (Å²) in [5.74, 6) is 0.455. The molecule has 0 spiro atoms. The van der Waals surface area contributed by atoms with Crippen molar-refractivity contribution >= 4 is 22.5 Å². The van der Waals surface area contributed by atoms with E-state index in [1.165, 1.54) is 18.4 Å². The van der Waals surface area contributed by atoms with E-state index >= 15 is 0 Å². The number of pyridine rings is 1. The number of nitrogens with two attached hydrogens (primary N) is 1. The molecule has 6 heteroatoms. The molecule has 4 N–H and O–H groups in total. The van der Waals surface area contributed by atoms with Gasteiger partial charge in [-0.15, -0.1) is 0 Å². The number of carbonyl (C=O) groups excluding carboxylic acids is 1. The molecule has 2 heterocycles. The minimum absolute atomic E-state index is 0.0844. The first-order valence-electron chi connectivity index (χ1n) is 11.6. The van der Waals surface area contributed by atoms with Gasteiger partial charge in [0.05, 0.1) is 11.6 Å². The standard InChI is InChI=1S/C25H36N4O2/c1-5-8-31-18-11-17(27-14-18)13-28-24(30)22-12-21(26)19-9-16(15-6-7-15)10-20(23(19)29-22)25(2,3)4/h9-10,12,15,17-18,27H,5-8,11,13-14H2,1-4H3,(H2,26,29)(H,28,30). The number of rotatable bonds is 7. The number of nitrogens with zero attached hydrogens (tertiary/aromatic N) is 1. The minimum Gasteiger partial charge on any atom is -0.398 e. The topological polar surface area (TPSA) is 89.3 Å². The van der Waals surface area contributed by atoms with E-state index in [0.29, 0.717) is 23.8 Å². The second-order valence-corrected chi connectivity index (χ2v) is 10.1. The average Bonchev–Trinajstić information content (AvgIpc) is 3.48. The number of ether oxygens (including phenoxy) is 1. The fourth-order valence-electron chi connectivity index (χ4n) is 4.37. The van der Waals surface area contributed by atoms with E-state index in [0.717, 1.165) is 42.5 Å². The molecule has 1 saturated carbocycles. The van der Waals surface area contributed by atoms with Gasteiger partial charge in [0.15, 0.2) is 0 Å². The largest absolute Gasteiger partial charge is 0.398 e. The summed E-state index contributed by atoms with van der Waals surface area (Å²) in [5, 5.41) is 7.42. The first-order valence-corrected chi connectivity index (χ1v) is 11.6. The Morgan fingerprint density at radius 3 is 2.74 bits per heavy atom. The molecule has 1 aliphatic carbocycles. The number of nitrogens with one attached hydrogen (secondary N) is 2. The van der Waals surface area contributed by atoms with Crippen molar-refractivity contribution in [2.24, 2.45) is 0 Å². The number of fused-ring (bicyclic) bond motifs is 1. The highest BCUT2D eigenvalue weighted by Gasteiger charge is 2.29. The summed E-state index contributed by atoms with van der Waals surface area (Å²) in [5.41, 5.74) is 10.7. The molecular weight excluding hydrogens is 388 g/mol. The van der Waals surface area contributed by atoms with E-state index < -0.39 is 0 Å². The first-order chi connectivity index (χ1) is 14.8. The van der Waals surface area contributed by atoms with Crippen molar-refractivity contribution in [3.63, 3.8) is 0 Å². The van der Waals surface area contributed by atoms with Crippen molar-refractivity contribution in [1.82, 2.24) is 15.6 Å². The van der Waals surface area contributed by atoms with E-state index in [4.69, 9.17) is 15.5 Å². The van der Waals surface area contributed by atoms with Gasteiger partial charge in [-0.2, -0.15) is 0 Å². The highest BCUT2D eigenvalue weighted by Crippen LogP contribution is 2.44. The Kier molecular flexibility index (Phi) is 6.22. The molecule has 0 bridgehead atoms. The van der Waals surface area contributed by atoms with Crippen LogP contribution < -0.4 is 16.4 Å². The number of amides is 1. The van der Waals surface area contributed by atoms with Gasteiger partial charge < -0.3 is 21.1 Å². The molecule has 168 valence electrons. The third-order valence-corrected chi connectivity index (χ3v) is 6.31. The smallest absolute Gasteiger partial charge is 0.270 e. The van der Waals surface area contributed by atoms with Crippen LogP contribution in [-0.4, -0.2) is 42.7 Å². The lowest BCUT2D eigenvalue weighted by atomic mass is 9.83. The predicted octanol–water partition coefficient (Wildman–Crippen LogP) is 3.88. The zero-order chi connectivity index (χ0) is 22.2. The molecule has 2 atom stereocenters. The van der Waals surface area contributed by atoms with Crippen LogP contribution in [0.1, 0.15) is 80.9 Å². The lowest BCUT2D eigenvalue weighted by Crippen LogP contribution is -2.37. The van der Waals surface area contributed by atoms with E-state index in [9.17, 15) is 4.79 Å². The Hall–Kier alpha value is -2.18. The molecule has 0 radical (unpaired) electrons. The van der Waals surface area contributed by atoms with Crippen LogP contribution in [0.5, 0.6) is 0 Å². The lowest BCUT2D eigenvalue weighted by molar-refractivity contribution is 0.0657. The minimum atomic E-state index is -0.181. The van der Waals surface area contributed by atoms with Crippen LogP contribution in [0.15, 0.2) is 18.2 Å². The SMILES string of the molecule is CCCOC1CNC(CNC(=O)c2cc(N)c3cc(C4CC4)cc(C(C)(C)C)c3n2)C1. The van der Waals surface area contributed by atoms with Crippen molar-refractivity contribution in [2.75, 3.05) is 25.4 Å². The van der Waals surface area contributed by atoms with Crippen LogP contribution in [0, 0.1) is 0 Å². The zero-order valence-electron chi connectivity index (χ0n) is 19.3. The van der Waals surface area contributed by atoms with Crippen LogP contribution in [0.25, 0.3) is 10.9 Å². The number of benzene rings is 1. The molecule has 31 heavy (non-hydrogen) atoms. The number of aromatic nitrogens is 1. The third kappa shape index (κ3) is 5.01. The third-order valence-electron chi connectivity index (χ3n) is 6.31. The fraction of sp³-hybridized carbons (Fsp3) is 0.600. The summed E-state index contributed by atoms with van der Waals surface area (Å²) < 4.78 is 5.81. The molecule has 1 saturated heterocycles. The summed E-state index contributed by atoms with van der Waals surface area (Å²) in [7, 11) is 0. The molecule has 4 rings (SSSR count). The maximum absolute atomic E-state index is 12.9. The Morgan fingerprint density at radius 2 is 2.06 bits per heavy atom. The van der Waals surface area contributed by atoms with Gasteiger partial charge in [0.1, 0.15) is 5.69 Å². The molecule has 2 aromatic rings. The Morgan fingerprint density at radius 1 is 1.29 bits per heavy atom. The zero-order valence-corrected chi connectivity index (χ0v) is 19.3. The number of anilines is 1. The summed E-state index contributed by atoms with van der Waals surface area (Å²) >= 11 is 0. The van der Waals surface area contributed by atoms with Crippen molar-refractivity contribution in [3.8, 4) is 0 Å². The van der Waals surface area contributed by atoms with Crippen LogP contribution in [0.4, 0.5) is 5.69 Å². The number of hydrogen-bond donors (Lipinski definition) is 3. The normalized spacial score (nSPS) is 21.5. The summed E-state index contributed by atoms with van der Waals surface area (Å²) in [4.78, 5) is 17.7. The van der Waals surface area contributed by atoms with Gasteiger partial charge >= 0.3 is 0 Å². The van der Waals surface area contributed by atoms with Crippen molar-refractivity contribution in [2.45, 2.75) is 76.9 Å². The Balaban J connectivity index is 1.53. The van der Waals surface area contributed by atoms with Gasteiger partial charge in [-0.3, -0.25) is 4.79 Å². The maximum Gasteiger partial charge on any atom is 0.270 e. The lowest BCUT2D eigenvalue weighted by Gasteiger charge is -2.23. The van der Waals surface area contributed by atoms with Crippen molar-refractivity contribution < 1.29 is 9.53 Å². The molecule has 2 unspecified atom stereocenters. The molecule has 1 aliphatic heterocycles. The van der Waals surface area contributed by atoms with E-state index in [1.807, 2.05) is 0 Å². The molecule has 1 aromatic carbocycles. The highest BCUT2D eigenvalue weighted by atomic mass is 16.5. The van der Waals surface area contributed by atoms with E-state index in [-0.39, 0.29) is 23.5 Å². The summed E-state index contributed by atoms with van der Waals surface area (Å²) in [6.45, 7) is 10.8. The maximum atomic E-state index is 12.9. The van der Waals surface area contributed by atoms with E-state index in [1.54, 1.807) is 6.07 Å². The highest BCUT2D eigenvalue weighted by molar-refractivity contribution is 6.00. The van der Waals surface area contributed by atoms with Crippen LogP contribution in [0.2, 0.25) is 0 Å². The monoisotopic (exact) mass is 424 g/mol. The Labute approximate surface area is 185 Å². The Bertz CT molecular complexity index is 962. The van der Waals surface area contributed by atoms with Crippen molar-refractivity contribution in [1.29, 1.82) is 0 Å². The van der Waals surface area contributed by atoms with Crippen molar-refractivity contribution in [3.05, 3.63) is 35.0 Å². The average molecular weight is 425 g/mol. The van der Waals surface area contributed by atoms with Gasteiger partial charge in [0.25, 0.3) is 5.91 Å². The van der Waals surface area contributed by atoms with Gasteiger partial charge in [-0.1, -0.05) is 33.8 Å². The number of hydrogen-bond acceptors (Lipinski definition) is 5. The fourth-order valence-corrected chi connectivity index (χ4v) is 4.37. The predicted molar refractivity (Wildman–Crippen MR) is 126 cm³/mol. The first kappa shape index (κ1) is 22.0. The number of nitrogen functional groups attached to an aromatic ring is 1. The second kappa shape index (κ2) is 8.75. The molecule has 1 aromatic heterocycles. The van der Waals surface area contributed by atoms with E-state index in [2.05, 4.69) is 50.5 Å². The molecule has 1 amide bonds. The molecule has 2 aliphatic rings. The van der Waals surface area contributed by atoms with Gasteiger partial charge in [0, 0.05) is 36.8 Å². The number of carbonyl (C=O) groups is 1. The molecular formula is C25H36N4O2.